The Morgan fingerprint density at radius 1 is 1.22 bits per heavy atom. The molecule has 94 valence electrons. The summed E-state index contributed by atoms with van der Waals surface area (Å²) in [7, 11) is -3.94. The van der Waals surface area contributed by atoms with Crippen molar-refractivity contribution >= 4 is 10.1 Å². The van der Waals surface area contributed by atoms with Gasteiger partial charge in [-0.3, -0.25) is 4.55 Å². The minimum absolute atomic E-state index is 0.188. The molecular weight excluding hydrogens is 256 g/mol. The Morgan fingerprint density at radius 2 is 1.94 bits per heavy atom. The van der Waals surface area contributed by atoms with E-state index in [9.17, 15) is 8.42 Å². The lowest BCUT2D eigenvalue weighted by Crippen LogP contribution is -2.36. The van der Waals surface area contributed by atoms with Crippen LogP contribution in [0, 0.1) is 0 Å². The Balaban J connectivity index is 2.11. The number of nitrogens with zero attached hydrogens (tertiary/aromatic N) is 4. The molecule has 0 aliphatic carbocycles. The third-order valence-electron chi connectivity index (χ3n) is 2.24. The lowest BCUT2D eigenvalue weighted by atomic mass is 10.2. The van der Waals surface area contributed by atoms with Crippen LogP contribution in [0.25, 0.3) is 11.4 Å². The number of pyridine rings is 1. The van der Waals surface area contributed by atoms with Crippen LogP contribution in [0.15, 0.2) is 36.9 Å². The fourth-order valence-corrected chi connectivity index (χ4v) is 1.80. The molecule has 0 aromatic carbocycles. The van der Waals surface area contributed by atoms with Gasteiger partial charge < -0.3 is 0 Å². The molecule has 0 fully saturated rings. The minimum atomic E-state index is -3.94. The highest BCUT2D eigenvalue weighted by molar-refractivity contribution is 7.85. The minimum Gasteiger partial charge on any atom is -0.285 e. The first-order valence-electron chi connectivity index (χ1n) is 5.13. The maximum atomic E-state index is 10.6. The van der Waals surface area contributed by atoms with Crippen molar-refractivity contribution in [3.63, 3.8) is 0 Å². The predicted octanol–water partition coefficient (Wildman–Crippen LogP) is -0.286. The Kier molecular flexibility index (Phi) is 3.58. The highest BCUT2D eigenvalue weighted by atomic mass is 32.2. The van der Waals surface area contributed by atoms with E-state index >= 15 is 0 Å². The van der Waals surface area contributed by atoms with Crippen molar-refractivity contribution in [1.29, 1.82) is 0 Å². The molecule has 0 spiro atoms. The zero-order chi connectivity index (χ0) is 13.0. The molecule has 0 atom stereocenters. The molecule has 0 amide bonds. The van der Waals surface area contributed by atoms with Crippen LogP contribution in [0.1, 0.15) is 0 Å². The van der Waals surface area contributed by atoms with Gasteiger partial charge in [0, 0.05) is 23.9 Å². The van der Waals surface area contributed by atoms with E-state index in [-0.39, 0.29) is 12.3 Å². The molecule has 0 radical (unpaired) electrons. The Morgan fingerprint density at radius 3 is 2.50 bits per heavy atom. The molecule has 0 saturated heterocycles. The van der Waals surface area contributed by atoms with Gasteiger partial charge in [-0.2, -0.15) is 13.5 Å². The lowest BCUT2D eigenvalue weighted by Gasteiger charge is -1.98. The molecule has 0 unspecified atom stereocenters. The van der Waals surface area contributed by atoms with Crippen LogP contribution in [-0.4, -0.2) is 33.9 Å². The van der Waals surface area contributed by atoms with Crippen LogP contribution in [0.4, 0.5) is 0 Å². The maximum absolute atomic E-state index is 10.6. The first kappa shape index (κ1) is 12.5. The number of aryl methyl sites for hydroxylation is 1. The van der Waals surface area contributed by atoms with Crippen molar-refractivity contribution in [2.24, 2.45) is 0 Å². The number of aromatic nitrogens is 4. The molecule has 2 aromatic heterocycles. The Labute approximate surface area is 104 Å². The summed E-state index contributed by atoms with van der Waals surface area (Å²) in [5.41, 5.74) is 0.784. The number of hydrogen-bond acceptors (Lipinski definition) is 5. The summed E-state index contributed by atoms with van der Waals surface area (Å²) in [5, 5.41) is 7.58. The summed E-state index contributed by atoms with van der Waals surface area (Å²) in [6.45, 7) is 0.188. The first-order chi connectivity index (χ1) is 8.54. The SMILES string of the molecule is O=S(=O)(O)CC[n+]1ccc(-c2nccnn2)cc1. The van der Waals surface area contributed by atoms with E-state index in [1.54, 1.807) is 35.3 Å². The fourth-order valence-electron chi connectivity index (χ4n) is 1.36. The summed E-state index contributed by atoms with van der Waals surface area (Å²) in [6, 6.07) is 3.50. The van der Waals surface area contributed by atoms with Gasteiger partial charge in [0.25, 0.3) is 10.1 Å². The second-order valence-electron chi connectivity index (χ2n) is 3.58. The quantitative estimate of drug-likeness (QED) is 0.604. The van der Waals surface area contributed by atoms with E-state index in [1.165, 1.54) is 6.20 Å². The van der Waals surface area contributed by atoms with Gasteiger partial charge in [0.05, 0.1) is 6.20 Å². The van der Waals surface area contributed by atoms with Crippen LogP contribution in [-0.2, 0) is 16.7 Å². The van der Waals surface area contributed by atoms with Crippen LogP contribution < -0.4 is 4.57 Å². The van der Waals surface area contributed by atoms with Crippen molar-refractivity contribution < 1.29 is 17.5 Å². The molecule has 2 aromatic rings. The van der Waals surface area contributed by atoms with Gasteiger partial charge in [0.15, 0.2) is 24.8 Å². The molecule has 7 nitrogen and oxygen atoms in total. The topological polar surface area (TPSA) is 96.9 Å². The van der Waals surface area contributed by atoms with Crippen LogP contribution in [0.2, 0.25) is 0 Å². The van der Waals surface area contributed by atoms with Crippen molar-refractivity contribution in [2.75, 3.05) is 5.75 Å². The van der Waals surface area contributed by atoms with Crippen molar-refractivity contribution in [2.45, 2.75) is 6.54 Å². The highest BCUT2D eigenvalue weighted by Crippen LogP contribution is 2.09. The van der Waals surface area contributed by atoms with Crippen LogP contribution in [0.3, 0.4) is 0 Å². The summed E-state index contributed by atoms with van der Waals surface area (Å²) in [6.07, 6.45) is 6.41. The van der Waals surface area contributed by atoms with Crippen LogP contribution >= 0.6 is 0 Å². The van der Waals surface area contributed by atoms with Gasteiger partial charge in [0.2, 0.25) is 0 Å². The molecule has 0 bridgehead atoms. The molecular formula is C10H11N4O3S+. The zero-order valence-electron chi connectivity index (χ0n) is 9.34. The number of hydrogen-bond donors (Lipinski definition) is 1. The molecule has 0 aliphatic rings. The second-order valence-corrected chi connectivity index (χ2v) is 5.15. The van der Waals surface area contributed by atoms with E-state index < -0.39 is 10.1 Å². The molecule has 0 aliphatic heterocycles. The van der Waals surface area contributed by atoms with E-state index in [1.807, 2.05) is 0 Å². The van der Waals surface area contributed by atoms with Crippen LogP contribution in [0.5, 0.6) is 0 Å². The highest BCUT2D eigenvalue weighted by Gasteiger charge is 2.10. The van der Waals surface area contributed by atoms with Gasteiger partial charge in [-0.05, 0) is 0 Å². The van der Waals surface area contributed by atoms with E-state index in [4.69, 9.17) is 4.55 Å². The van der Waals surface area contributed by atoms with E-state index in [0.717, 1.165) is 5.56 Å². The summed E-state index contributed by atoms with van der Waals surface area (Å²) in [4.78, 5) is 4.05. The average Bonchev–Trinajstić information content (AvgIpc) is 2.37. The summed E-state index contributed by atoms with van der Waals surface area (Å²) in [5.74, 6) is 0.180. The normalized spacial score (nSPS) is 11.4. The van der Waals surface area contributed by atoms with E-state index in [2.05, 4.69) is 15.2 Å². The van der Waals surface area contributed by atoms with E-state index in [0.29, 0.717) is 5.82 Å². The van der Waals surface area contributed by atoms with Crippen molar-refractivity contribution in [3.05, 3.63) is 36.9 Å². The molecule has 8 heteroatoms. The van der Waals surface area contributed by atoms with Gasteiger partial charge >= 0.3 is 0 Å². The van der Waals surface area contributed by atoms with Gasteiger partial charge in [-0.15, -0.1) is 5.10 Å². The maximum Gasteiger partial charge on any atom is 0.271 e. The Hall–Kier alpha value is -1.93. The number of rotatable bonds is 4. The van der Waals surface area contributed by atoms with Gasteiger partial charge in [-0.1, -0.05) is 0 Å². The predicted molar refractivity (Wildman–Crippen MR) is 61.9 cm³/mol. The Bertz CT molecular complexity index is 613. The van der Waals surface area contributed by atoms with Crippen molar-refractivity contribution in [1.82, 2.24) is 15.2 Å². The zero-order valence-corrected chi connectivity index (χ0v) is 10.2. The average molecular weight is 267 g/mol. The first-order valence-corrected chi connectivity index (χ1v) is 6.74. The third kappa shape index (κ3) is 3.54. The standard InChI is InChI=1S/C10H10N4O3S/c15-18(16,17)8-7-14-5-1-9(2-6-14)10-11-3-4-12-13-10/h1-6H,7-8H2/p+1. The molecule has 1 N–H and O–H groups in total. The summed E-state index contributed by atoms with van der Waals surface area (Å²) >= 11 is 0. The fraction of sp³-hybridized carbons (Fsp3) is 0.200. The molecule has 0 saturated carbocycles. The lowest BCUT2D eigenvalue weighted by molar-refractivity contribution is -0.692. The van der Waals surface area contributed by atoms with Gasteiger partial charge in [-0.25, -0.2) is 9.55 Å². The molecule has 2 heterocycles. The molecule has 18 heavy (non-hydrogen) atoms. The largest absolute Gasteiger partial charge is 0.285 e. The molecule has 2 rings (SSSR count). The third-order valence-corrected chi connectivity index (χ3v) is 2.94. The monoisotopic (exact) mass is 267 g/mol. The summed E-state index contributed by atoms with van der Waals surface area (Å²) < 4.78 is 31.5. The van der Waals surface area contributed by atoms with Crippen molar-refractivity contribution in [3.8, 4) is 11.4 Å². The second kappa shape index (κ2) is 5.15. The van der Waals surface area contributed by atoms with Gasteiger partial charge in [0.1, 0.15) is 5.75 Å². The smallest absolute Gasteiger partial charge is 0.271 e.